The monoisotopic (exact) mass is 577 g/mol. The maximum absolute atomic E-state index is 14.6. The van der Waals surface area contributed by atoms with Crippen LogP contribution in [-0.2, 0) is 18.3 Å². The summed E-state index contributed by atoms with van der Waals surface area (Å²) in [4.78, 5) is 34.4. The fourth-order valence-corrected chi connectivity index (χ4v) is 5.42. The van der Waals surface area contributed by atoms with Crippen molar-refractivity contribution in [3.8, 4) is 11.1 Å². The zero-order chi connectivity index (χ0) is 30.2. The normalized spacial score (nSPS) is 14.7. The van der Waals surface area contributed by atoms with Gasteiger partial charge in [-0.15, -0.1) is 0 Å². The van der Waals surface area contributed by atoms with E-state index >= 15 is 0 Å². The van der Waals surface area contributed by atoms with Gasteiger partial charge in [-0.1, -0.05) is 0 Å². The van der Waals surface area contributed by atoms with Crippen LogP contribution in [0.15, 0.2) is 48.8 Å². The van der Waals surface area contributed by atoms with E-state index in [1.54, 1.807) is 39.2 Å². The summed E-state index contributed by atoms with van der Waals surface area (Å²) in [7, 11) is 1.96. The number of nitrogens with one attached hydrogen (secondary N) is 1. The lowest BCUT2D eigenvalue weighted by atomic mass is 9.88. The first kappa shape index (κ1) is 29.1. The number of aryl methyl sites for hydroxylation is 1. The van der Waals surface area contributed by atoms with Crippen molar-refractivity contribution >= 4 is 28.9 Å². The van der Waals surface area contributed by atoms with Gasteiger partial charge in [-0.2, -0.15) is 0 Å². The van der Waals surface area contributed by atoms with E-state index in [1.807, 2.05) is 23.7 Å². The Balaban J connectivity index is 1.29. The number of hydrogen-bond donors (Lipinski definition) is 2. The summed E-state index contributed by atoms with van der Waals surface area (Å²) in [6.07, 6.45) is 3.99. The van der Waals surface area contributed by atoms with E-state index in [9.17, 15) is 18.4 Å². The second-order valence-electron chi connectivity index (χ2n) is 11.6. The van der Waals surface area contributed by atoms with Crippen LogP contribution in [0.1, 0.15) is 61.1 Å². The molecule has 1 amide bonds. The van der Waals surface area contributed by atoms with Crippen LogP contribution in [0.25, 0.3) is 22.2 Å². The van der Waals surface area contributed by atoms with Crippen LogP contribution in [0.2, 0.25) is 0 Å². The van der Waals surface area contributed by atoms with Crippen molar-refractivity contribution < 1.29 is 28.2 Å². The van der Waals surface area contributed by atoms with Gasteiger partial charge in [-0.25, -0.2) is 28.3 Å². The number of likely N-dealkylation sites (tertiary alicyclic amines) is 1. The fourth-order valence-electron chi connectivity index (χ4n) is 5.42. The molecule has 1 aliphatic heterocycles. The number of halogens is 2. The average Bonchev–Trinajstić information content (AvgIpc) is 3.23. The summed E-state index contributed by atoms with van der Waals surface area (Å²) in [5.74, 6) is -2.90. The number of anilines is 1. The molecule has 0 saturated carbocycles. The van der Waals surface area contributed by atoms with Crippen LogP contribution >= 0.6 is 0 Å². The molecule has 2 N–H and O–H groups in total. The number of aromatic nitrogens is 3. The molecule has 11 heteroatoms. The summed E-state index contributed by atoms with van der Waals surface area (Å²) in [5, 5.41) is 12.7. The topological polar surface area (TPSA) is 110 Å². The number of amides is 1. The highest BCUT2D eigenvalue weighted by Crippen LogP contribution is 2.34. The molecule has 9 nitrogen and oxygen atoms in total. The lowest BCUT2D eigenvalue weighted by Crippen LogP contribution is -2.33. The molecule has 0 radical (unpaired) electrons. The molecule has 42 heavy (non-hydrogen) atoms. The van der Waals surface area contributed by atoms with Crippen molar-refractivity contribution in [2.75, 3.05) is 18.4 Å². The number of pyridine rings is 2. The first-order valence-electron chi connectivity index (χ1n) is 13.7. The number of nitrogens with zero attached hydrogens (tertiary/aromatic N) is 4. The molecule has 0 bridgehead atoms. The molecule has 3 aromatic heterocycles. The highest BCUT2D eigenvalue weighted by atomic mass is 19.1. The molecular weight excluding hydrogens is 544 g/mol. The van der Waals surface area contributed by atoms with Gasteiger partial charge in [-0.3, -0.25) is 10.2 Å². The second kappa shape index (κ2) is 11.5. The third-order valence-corrected chi connectivity index (χ3v) is 7.44. The summed E-state index contributed by atoms with van der Waals surface area (Å²) >= 11 is 0. The predicted molar refractivity (Wildman–Crippen MR) is 154 cm³/mol. The van der Waals surface area contributed by atoms with Gasteiger partial charge in [0.05, 0.1) is 5.56 Å². The number of fused-ring (bicyclic) bond motifs is 1. The maximum Gasteiger partial charge on any atom is 0.413 e. The first-order chi connectivity index (χ1) is 19.9. The lowest BCUT2D eigenvalue weighted by molar-refractivity contribution is 0.0633. The number of carbonyl (C=O) groups excluding carboxylic acids is 1. The number of carbonyl (C=O) groups is 2. The van der Waals surface area contributed by atoms with Gasteiger partial charge < -0.3 is 14.4 Å². The SMILES string of the molecule is Cn1c(CN2CCC(c3c(F)cc(C(=O)O)cc3F)CC2)cc2c(-c3ccc(NC(=O)OC(C)(C)C)nc3)ccnc21. The van der Waals surface area contributed by atoms with Gasteiger partial charge in [0.25, 0.3) is 0 Å². The number of carboxylic acid groups (broad SMARTS) is 1. The Hall–Kier alpha value is -4.38. The van der Waals surface area contributed by atoms with Crippen molar-refractivity contribution in [3.63, 3.8) is 0 Å². The molecule has 1 aromatic carbocycles. The largest absolute Gasteiger partial charge is 0.478 e. The number of piperidine rings is 1. The van der Waals surface area contributed by atoms with Crippen molar-refractivity contribution in [3.05, 3.63) is 77.2 Å². The Labute approximate surface area is 242 Å². The van der Waals surface area contributed by atoms with E-state index in [0.717, 1.165) is 40.0 Å². The Bertz CT molecular complexity index is 1610. The minimum Gasteiger partial charge on any atom is -0.478 e. The number of ether oxygens (including phenoxy) is 1. The van der Waals surface area contributed by atoms with Gasteiger partial charge >= 0.3 is 12.1 Å². The number of carboxylic acids is 1. The fraction of sp³-hybridized carbons (Fsp3) is 0.355. The molecule has 220 valence electrons. The highest BCUT2D eigenvalue weighted by Gasteiger charge is 2.27. The van der Waals surface area contributed by atoms with Crippen molar-refractivity contribution in [1.29, 1.82) is 0 Å². The predicted octanol–water partition coefficient (Wildman–Crippen LogP) is 6.34. The molecule has 0 unspecified atom stereocenters. The standard InChI is InChI=1S/C31H33F2N5O4/c1-31(2,3)42-30(41)36-26-6-5-19(16-35-26)22-7-10-34-28-23(22)15-21(37(28)4)17-38-11-8-18(9-12-38)27-24(32)13-20(29(39)40)14-25(27)33/h5-7,10,13-16,18H,8-9,11-12,17H2,1-4H3,(H,39,40)(H,35,36,41). The van der Waals surface area contributed by atoms with Crippen LogP contribution in [0.3, 0.4) is 0 Å². The molecular formula is C31H33F2N5O4. The van der Waals surface area contributed by atoms with E-state index in [1.165, 1.54) is 0 Å². The zero-order valence-electron chi connectivity index (χ0n) is 23.9. The minimum atomic E-state index is -1.36. The molecule has 0 aliphatic carbocycles. The molecule has 1 fully saturated rings. The first-order valence-corrected chi connectivity index (χ1v) is 13.7. The number of aromatic carboxylic acids is 1. The average molecular weight is 578 g/mol. The molecule has 0 spiro atoms. The van der Waals surface area contributed by atoms with Crippen LogP contribution in [0, 0.1) is 11.6 Å². The van der Waals surface area contributed by atoms with Gasteiger partial charge in [0.2, 0.25) is 0 Å². The molecule has 0 atom stereocenters. The van der Waals surface area contributed by atoms with Gasteiger partial charge in [0.1, 0.15) is 28.7 Å². The minimum absolute atomic E-state index is 0.0287. The summed E-state index contributed by atoms with van der Waals surface area (Å²) in [6, 6.07) is 9.42. The van der Waals surface area contributed by atoms with Crippen LogP contribution in [0.5, 0.6) is 0 Å². The van der Waals surface area contributed by atoms with Gasteiger partial charge in [0.15, 0.2) is 0 Å². The molecule has 4 aromatic rings. The Morgan fingerprint density at radius 1 is 1.07 bits per heavy atom. The number of rotatable bonds is 6. The zero-order valence-corrected chi connectivity index (χ0v) is 23.9. The van der Waals surface area contributed by atoms with Crippen molar-refractivity contribution in [2.24, 2.45) is 7.05 Å². The van der Waals surface area contributed by atoms with Crippen molar-refractivity contribution in [2.45, 2.75) is 51.7 Å². The van der Waals surface area contributed by atoms with Gasteiger partial charge in [-0.05, 0) is 94.6 Å². The molecule has 4 heterocycles. The summed E-state index contributed by atoms with van der Waals surface area (Å²) in [6.45, 7) is 7.30. The quantitative estimate of drug-likeness (QED) is 0.275. The lowest BCUT2D eigenvalue weighted by Gasteiger charge is -2.32. The third-order valence-electron chi connectivity index (χ3n) is 7.44. The number of hydrogen-bond acceptors (Lipinski definition) is 6. The third kappa shape index (κ3) is 6.25. The summed E-state index contributed by atoms with van der Waals surface area (Å²) in [5.41, 5.74) is 2.65. The summed E-state index contributed by atoms with van der Waals surface area (Å²) < 4.78 is 36.6. The Morgan fingerprint density at radius 3 is 2.36 bits per heavy atom. The molecule has 5 rings (SSSR count). The van der Waals surface area contributed by atoms with E-state index in [4.69, 9.17) is 9.84 Å². The van der Waals surface area contributed by atoms with Gasteiger partial charge in [0, 0.05) is 48.2 Å². The second-order valence-corrected chi connectivity index (χ2v) is 11.6. The Kier molecular flexibility index (Phi) is 7.96. The molecule has 1 saturated heterocycles. The van der Waals surface area contributed by atoms with E-state index in [2.05, 4.69) is 26.3 Å². The van der Waals surface area contributed by atoms with E-state index < -0.39 is 29.3 Å². The van der Waals surface area contributed by atoms with Crippen LogP contribution in [-0.4, -0.2) is 55.3 Å². The Morgan fingerprint density at radius 2 is 1.76 bits per heavy atom. The van der Waals surface area contributed by atoms with Crippen molar-refractivity contribution in [1.82, 2.24) is 19.4 Å². The smallest absolute Gasteiger partial charge is 0.413 e. The number of benzene rings is 1. The van der Waals surface area contributed by atoms with E-state index in [0.29, 0.717) is 38.3 Å². The van der Waals surface area contributed by atoms with Crippen LogP contribution < -0.4 is 5.32 Å². The molecule has 1 aliphatic rings. The highest BCUT2D eigenvalue weighted by molar-refractivity contribution is 5.94. The van der Waals surface area contributed by atoms with Crippen LogP contribution in [0.4, 0.5) is 19.4 Å². The van der Waals surface area contributed by atoms with E-state index in [-0.39, 0.29) is 17.0 Å². The maximum atomic E-state index is 14.6.